The molecule has 1 aromatic rings. The standard InChI is InChI=1S/C13H16N2O4/c1-19-9-2-3-11(10(5-9)13(17)18)15-7-8(6-14)4-12(15)16/h2-3,5,8H,4,6-7,14H2,1H3,(H,17,18). The number of anilines is 1. The van der Waals surface area contributed by atoms with Gasteiger partial charge in [-0.3, -0.25) is 4.79 Å². The van der Waals surface area contributed by atoms with Gasteiger partial charge in [0.2, 0.25) is 5.91 Å². The molecule has 1 unspecified atom stereocenters. The van der Waals surface area contributed by atoms with Gasteiger partial charge in [0.05, 0.1) is 18.4 Å². The molecule has 1 aliphatic rings. The molecule has 0 aliphatic carbocycles. The van der Waals surface area contributed by atoms with Crippen LogP contribution >= 0.6 is 0 Å². The summed E-state index contributed by atoms with van der Waals surface area (Å²) in [7, 11) is 1.46. The average Bonchev–Trinajstić information content (AvgIpc) is 2.79. The van der Waals surface area contributed by atoms with Gasteiger partial charge in [0.25, 0.3) is 0 Å². The van der Waals surface area contributed by atoms with Gasteiger partial charge in [0.15, 0.2) is 0 Å². The first-order chi connectivity index (χ1) is 9.06. The van der Waals surface area contributed by atoms with Crippen LogP contribution in [0.3, 0.4) is 0 Å². The van der Waals surface area contributed by atoms with Crippen molar-refractivity contribution in [2.45, 2.75) is 6.42 Å². The molecule has 0 bridgehead atoms. The molecule has 1 atom stereocenters. The second-order valence-corrected chi connectivity index (χ2v) is 4.50. The van der Waals surface area contributed by atoms with Crippen LogP contribution in [0.25, 0.3) is 0 Å². The molecular formula is C13H16N2O4. The van der Waals surface area contributed by atoms with Crippen LogP contribution in [-0.4, -0.2) is 37.2 Å². The Kier molecular flexibility index (Phi) is 3.71. The summed E-state index contributed by atoms with van der Waals surface area (Å²) in [6.45, 7) is 0.878. The van der Waals surface area contributed by atoms with Gasteiger partial charge in [-0.2, -0.15) is 0 Å². The Morgan fingerprint density at radius 1 is 1.58 bits per heavy atom. The minimum atomic E-state index is -1.09. The molecule has 1 saturated heterocycles. The maximum absolute atomic E-state index is 11.9. The molecule has 1 aromatic carbocycles. The number of aromatic carboxylic acids is 1. The van der Waals surface area contributed by atoms with Gasteiger partial charge >= 0.3 is 5.97 Å². The fourth-order valence-corrected chi connectivity index (χ4v) is 2.22. The molecule has 1 heterocycles. The summed E-state index contributed by atoms with van der Waals surface area (Å²) in [4.78, 5) is 24.7. The predicted molar refractivity (Wildman–Crippen MR) is 69.5 cm³/mol. The number of carbonyl (C=O) groups is 2. The van der Waals surface area contributed by atoms with E-state index in [4.69, 9.17) is 10.5 Å². The molecule has 0 saturated carbocycles. The van der Waals surface area contributed by atoms with Crippen molar-refractivity contribution < 1.29 is 19.4 Å². The molecule has 6 nitrogen and oxygen atoms in total. The predicted octanol–water partition coefficient (Wildman–Crippen LogP) is 0.705. The van der Waals surface area contributed by atoms with Gasteiger partial charge in [-0.1, -0.05) is 0 Å². The largest absolute Gasteiger partial charge is 0.497 e. The Morgan fingerprint density at radius 2 is 2.32 bits per heavy atom. The summed E-state index contributed by atoms with van der Waals surface area (Å²) >= 11 is 0. The zero-order valence-corrected chi connectivity index (χ0v) is 10.6. The number of rotatable bonds is 4. The van der Waals surface area contributed by atoms with Crippen molar-refractivity contribution in [3.8, 4) is 5.75 Å². The zero-order valence-electron chi connectivity index (χ0n) is 10.6. The number of carbonyl (C=O) groups excluding carboxylic acids is 1. The van der Waals surface area contributed by atoms with Gasteiger partial charge in [-0.25, -0.2) is 4.79 Å². The average molecular weight is 264 g/mol. The molecule has 0 radical (unpaired) electrons. The fraction of sp³-hybridized carbons (Fsp3) is 0.385. The summed E-state index contributed by atoms with van der Waals surface area (Å²) in [5.74, 6) is -0.652. The first kappa shape index (κ1) is 13.4. The van der Waals surface area contributed by atoms with Gasteiger partial charge in [-0.05, 0) is 30.7 Å². The van der Waals surface area contributed by atoms with E-state index in [1.807, 2.05) is 0 Å². The number of hydrogen-bond acceptors (Lipinski definition) is 4. The van der Waals surface area contributed by atoms with Crippen molar-refractivity contribution in [1.29, 1.82) is 0 Å². The molecule has 2 rings (SSSR count). The molecule has 0 aromatic heterocycles. The highest BCUT2D eigenvalue weighted by molar-refractivity contribution is 6.03. The van der Waals surface area contributed by atoms with Crippen LogP contribution in [0.1, 0.15) is 16.8 Å². The molecule has 3 N–H and O–H groups in total. The van der Waals surface area contributed by atoms with Crippen LogP contribution in [0.2, 0.25) is 0 Å². The fourth-order valence-electron chi connectivity index (χ4n) is 2.22. The van der Waals surface area contributed by atoms with E-state index >= 15 is 0 Å². The monoisotopic (exact) mass is 264 g/mol. The lowest BCUT2D eigenvalue weighted by molar-refractivity contribution is -0.117. The number of methoxy groups -OCH3 is 1. The van der Waals surface area contributed by atoms with Crippen LogP contribution in [-0.2, 0) is 4.79 Å². The van der Waals surface area contributed by atoms with Crippen molar-refractivity contribution in [2.24, 2.45) is 11.7 Å². The lowest BCUT2D eigenvalue weighted by atomic mass is 10.1. The van der Waals surface area contributed by atoms with Crippen molar-refractivity contribution in [2.75, 3.05) is 25.1 Å². The van der Waals surface area contributed by atoms with E-state index in [-0.39, 0.29) is 17.4 Å². The smallest absolute Gasteiger partial charge is 0.337 e. The Hall–Kier alpha value is -2.08. The topological polar surface area (TPSA) is 92.9 Å². The Labute approximate surface area is 110 Å². The molecule has 1 aliphatic heterocycles. The summed E-state index contributed by atoms with van der Waals surface area (Å²) in [6, 6.07) is 4.66. The maximum Gasteiger partial charge on any atom is 0.337 e. The number of benzene rings is 1. The molecular weight excluding hydrogens is 248 g/mol. The van der Waals surface area contributed by atoms with E-state index in [0.29, 0.717) is 30.9 Å². The minimum Gasteiger partial charge on any atom is -0.497 e. The SMILES string of the molecule is COc1ccc(N2CC(CN)CC2=O)c(C(=O)O)c1. The summed E-state index contributed by atoms with van der Waals surface area (Å²) < 4.78 is 5.01. The maximum atomic E-state index is 11.9. The van der Waals surface area contributed by atoms with Crippen molar-refractivity contribution >= 4 is 17.6 Å². The third-order valence-electron chi connectivity index (χ3n) is 3.26. The van der Waals surface area contributed by atoms with Crippen molar-refractivity contribution in [3.05, 3.63) is 23.8 Å². The van der Waals surface area contributed by atoms with Crippen LogP contribution in [0.5, 0.6) is 5.75 Å². The third-order valence-corrected chi connectivity index (χ3v) is 3.26. The minimum absolute atomic E-state index is 0.0605. The van der Waals surface area contributed by atoms with Crippen LogP contribution in [0, 0.1) is 5.92 Å². The number of carboxylic acid groups (broad SMARTS) is 1. The van der Waals surface area contributed by atoms with Crippen LogP contribution in [0.15, 0.2) is 18.2 Å². The summed E-state index contributed by atoms with van der Waals surface area (Å²) in [6.07, 6.45) is 0.363. The molecule has 0 spiro atoms. The van der Waals surface area contributed by atoms with Gasteiger partial charge in [0, 0.05) is 13.0 Å². The number of ether oxygens (including phenoxy) is 1. The van der Waals surface area contributed by atoms with Crippen LogP contribution in [0.4, 0.5) is 5.69 Å². The number of nitrogens with two attached hydrogens (primary N) is 1. The lowest BCUT2D eigenvalue weighted by Crippen LogP contribution is -2.27. The van der Waals surface area contributed by atoms with E-state index < -0.39 is 5.97 Å². The van der Waals surface area contributed by atoms with E-state index in [2.05, 4.69) is 0 Å². The van der Waals surface area contributed by atoms with E-state index in [1.54, 1.807) is 12.1 Å². The van der Waals surface area contributed by atoms with E-state index in [9.17, 15) is 14.7 Å². The normalized spacial score (nSPS) is 18.7. The van der Waals surface area contributed by atoms with E-state index in [0.717, 1.165) is 0 Å². The quantitative estimate of drug-likeness (QED) is 0.835. The van der Waals surface area contributed by atoms with Gasteiger partial charge < -0.3 is 20.5 Å². The van der Waals surface area contributed by atoms with E-state index in [1.165, 1.54) is 18.1 Å². The highest BCUT2D eigenvalue weighted by atomic mass is 16.5. The molecule has 19 heavy (non-hydrogen) atoms. The number of carboxylic acids is 1. The number of nitrogens with zero attached hydrogens (tertiary/aromatic N) is 1. The highest BCUT2D eigenvalue weighted by Gasteiger charge is 2.32. The molecule has 6 heteroatoms. The summed E-state index contributed by atoms with van der Waals surface area (Å²) in [5.41, 5.74) is 6.02. The number of hydrogen-bond donors (Lipinski definition) is 2. The Morgan fingerprint density at radius 3 is 2.84 bits per heavy atom. The summed E-state index contributed by atoms with van der Waals surface area (Å²) in [5, 5.41) is 9.24. The van der Waals surface area contributed by atoms with Crippen LogP contribution < -0.4 is 15.4 Å². The second kappa shape index (κ2) is 5.27. The second-order valence-electron chi connectivity index (χ2n) is 4.50. The first-order valence-corrected chi connectivity index (χ1v) is 5.98. The number of amides is 1. The molecule has 1 fully saturated rings. The molecule has 102 valence electrons. The zero-order chi connectivity index (χ0) is 14.0. The highest BCUT2D eigenvalue weighted by Crippen LogP contribution is 2.30. The van der Waals surface area contributed by atoms with Gasteiger partial charge in [0.1, 0.15) is 5.75 Å². The third kappa shape index (κ3) is 2.53. The van der Waals surface area contributed by atoms with Gasteiger partial charge in [-0.15, -0.1) is 0 Å². The molecule has 1 amide bonds. The first-order valence-electron chi connectivity index (χ1n) is 5.98. The Bertz CT molecular complexity index is 515. The lowest BCUT2D eigenvalue weighted by Gasteiger charge is -2.19. The Balaban J connectivity index is 2.39. The van der Waals surface area contributed by atoms with Crippen molar-refractivity contribution in [3.63, 3.8) is 0 Å². The van der Waals surface area contributed by atoms with Crippen molar-refractivity contribution in [1.82, 2.24) is 0 Å².